The van der Waals surface area contributed by atoms with Gasteiger partial charge in [-0.2, -0.15) is 0 Å². The first-order valence-electron chi connectivity index (χ1n) is 6.93. The third kappa shape index (κ3) is 2.96. The lowest BCUT2D eigenvalue weighted by atomic mass is 10.2. The zero-order chi connectivity index (χ0) is 15.7. The molecule has 2 atom stereocenters. The van der Waals surface area contributed by atoms with Gasteiger partial charge in [0, 0.05) is 19.0 Å². The summed E-state index contributed by atoms with van der Waals surface area (Å²) in [4.78, 5) is 16.8. The van der Waals surface area contributed by atoms with Gasteiger partial charge in [0.1, 0.15) is 17.3 Å². The Hall–Kier alpha value is -2.34. The van der Waals surface area contributed by atoms with E-state index in [1.54, 1.807) is 19.2 Å². The molecule has 0 spiro atoms. The third-order valence-corrected chi connectivity index (χ3v) is 3.69. The van der Waals surface area contributed by atoms with Crippen LogP contribution < -0.4 is 4.74 Å². The first-order valence-corrected chi connectivity index (χ1v) is 6.93. The largest absolute Gasteiger partial charge is 0.430 e. The van der Waals surface area contributed by atoms with Crippen molar-refractivity contribution < 1.29 is 23.2 Å². The van der Waals surface area contributed by atoms with E-state index in [0.29, 0.717) is 17.5 Å². The van der Waals surface area contributed by atoms with Gasteiger partial charge in [-0.25, -0.2) is 9.45 Å². The molecule has 1 heterocycles. The zero-order valence-electron chi connectivity index (χ0n) is 12.3. The lowest BCUT2D eigenvalue weighted by molar-refractivity contribution is -0.170. The molecule has 1 aliphatic rings. The maximum absolute atomic E-state index is 12.8. The number of carbonyl (C=O) groups excluding carboxylic acids is 1. The lowest BCUT2D eigenvalue weighted by Gasteiger charge is -2.12. The lowest BCUT2D eigenvalue weighted by Crippen LogP contribution is -2.27. The summed E-state index contributed by atoms with van der Waals surface area (Å²) in [6, 6.07) is 9.16. The minimum Gasteiger partial charge on any atom is -0.430 e. The number of nitrogens with zero attached hydrogens (tertiary/aromatic N) is 1. The Labute approximate surface area is 127 Å². The quantitative estimate of drug-likeness (QED) is 0.795. The van der Waals surface area contributed by atoms with Crippen molar-refractivity contribution in [3.63, 3.8) is 0 Å². The molecule has 1 saturated carbocycles. The van der Waals surface area contributed by atoms with E-state index in [4.69, 9.17) is 14.0 Å². The van der Waals surface area contributed by atoms with E-state index in [1.807, 2.05) is 0 Å². The van der Waals surface area contributed by atoms with Gasteiger partial charge in [-0.3, -0.25) is 9.63 Å². The van der Waals surface area contributed by atoms with Crippen molar-refractivity contribution in [3.8, 4) is 11.7 Å². The van der Waals surface area contributed by atoms with Crippen molar-refractivity contribution >= 4 is 5.91 Å². The summed E-state index contributed by atoms with van der Waals surface area (Å²) in [5, 5.41) is 1.23. The second-order valence-corrected chi connectivity index (χ2v) is 5.18. The SMILES string of the molecule is CON(C)C(=O)C1CC1c1ccc(Oc2ccc(F)cc2)o1. The second-order valence-electron chi connectivity index (χ2n) is 5.18. The summed E-state index contributed by atoms with van der Waals surface area (Å²) in [5.74, 6) is 1.06. The topological polar surface area (TPSA) is 51.9 Å². The van der Waals surface area contributed by atoms with E-state index in [0.717, 1.165) is 6.42 Å². The van der Waals surface area contributed by atoms with Crippen LogP contribution in [0.4, 0.5) is 4.39 Å². The van der Waals surface area contributed by atoms with Crippen LogP contribution in [-0.4, -0.2) is 25.1 Å². The summed E-state index contributed by atoms with van der Waals surface area (Å²) in [5.41, 5.74) is 0. The molecule has 3 rings (SSSR count). The van der Waals surface area contributed by atoms with Crippen LogP contribution in [0.5, 0.6) is 11.7 Å². The van der Waals surface area contributed by atoms with E-state index >= 15 is 0 Å². The van der Waals surface area contributed by atoms with E-state index < -0.39 is 0 Å². The molecular formula is C16H16FNO4. The molecule has 5 nitrogen and oxygen atoms in total. The van der Waals surface area contributed by atoms with Gasteiger partial charge in [0.15, 0.2) is 0 Å². The van der Waals surface area contributed by atoms with Crippen molar-refractivity contribution in [3.05, 3.63) is 48.0 Å². The first-order chi connectivity index (χ1) is 10.6. The first kappa shape index (κ1) is 14.6. The molecule has 1 aliphatic carbocycles. The van der Waals surface area contributed by atoms with Crippen LogP contribution in [0.2, 0.25) is 0 Å². The van der Waals surface area contributed by atoms with Gasteiger partial charge in [-0.1, -0.05) is 0 Å². The predicted molar refractivity (Wildman–Crippen MR) is 75.8 cm³/mol. The maximum Gasteiger partial charge on any atom is 0.290 e. The number of benzene rings is 1. The predicted octanol–water partition coefficient (Wildman–Crippen LogP) is 3.33. The summed E-state index contributed by atoms with van der Waals surface area (Å²) < 4.78 is 23.9. The zero-order valence-corrected chi connectivity index (χ0v) is 12.3. The fourth-order valence-corrected chi connectivity index (χ4v) is 2.31. The standard InChI is InChI=1S/C16H16FNO4/c1-18(20-2)16(19)13-9-12(13)14-7-8-15(22-14)21-11-5-3-10(17)4-6-11/h3-8,12-13H,9H2,1-2H3. The van der Waals surface area contributed by atoms with Crippen LogP contribution in [0.1, 0.15) is 18.1 Å². The van der Waals surface area contributed by atoms with Gasteiger partial charge in [0.05, 0.1) is 13.0 Å². The molecule has 0 bridgehead atoms. The molecular weight excluding hydrogens is 289 g/mol. The van der Waals surface area contributed by atoms with Crippen molar-refractivity contribution in [2.45, 2.75) is 12.3 Å². The average molecular weight is 305 g/mol. The Morgan fingerprint density at radius 3 is 2.68 bits per heavy atom. The van der Waals surface area contributed by atoms with E-state index in [2.05, 4.69) is 0 Å². The summed E-state index contributed by atoms with van der Waals surface area (Å²) in [6.45, 7) is 0. The third-order valence-electron chi connectivity index (χ3n) is 3.69. The maximum atomic E-state index is 12.8. The van der Waals surface area contributed by atoms with E-state index in [1.165, 1.54) is 36.4 Å². The smallest absolute Gasteiger partial charge is 0.290 e. The van der Waals surface area contributed by atoms with Crippen molar-refractivity contribution in [1.82, 2.24) is 5.06 Å². The molecule has 2 unspecified atom stereocenters. The van der Waals surface area contributed by atoms with Crippen LogP contribution in [0.25, 0.3) is 0 Å². The minimum absolute atomic E-state index is 0.0515. The molecule has 0 aliphatic heterocycles. The van der Waals surface area contributed by atoms with Gasteiger partial charge < -0.3 is 9.15 Å². The van der Waals surface area contributed by atoms with Gasteiger partial charge >= 0.3 is 0 Å². The number of hydroxylamine groups is 2. The molecule has 1 amide bonds. The fourth-order valence-electron chi connectivity index (χ4n) is 2.31. The number of hydrogen-bond donors (Lipinski definition) is 0. The van der Waals surface area contributed by atoms with Crippen LogP contribution in [0, 0.1) is 11.7 Å². The number of amides is 1. The summed E-state index contributed by atoms with van der Waals surface area (Å²) in [7, 11) is 3.04. The van der Waals surface area contributed by atoms with E-state index in [-0.39, 0.29) is 23.6 Å². The number of rotatable bonds is 5. The van der Waals surface area contributed by atoms with Gasteiger partial charge in [0.25, 0.3) is 5.95 Å². The summed E-state index contributed by atoms with van der Waals surface area (Å²) in [6.07, 6.45) is 0.732. The Bertz CT molecular complexity index is 667. The van der Waals surface area contributed by atoms with Crippen LogP contribution in [0.15, 0.2) is 40.8 Å². The monoisotopic (exact) mass is 305 g/mol. The molecule has 0 saturated heterocycles. The number of ether oxygens (including phenoxy) is 1. The Morgan fingerprint density at radius 2 is 2.00 bits per heavy atom. The summed E-state index contributed by atoms with van der Waals surface area (Å²) >= 11 is 0. The minimum atomic E-state index is -0.325. The Morgan fingerprint density at radius 1 is 1.27 bits per heavy atom. The Balaban J connectivity index is 1.63. The van der Waals surface area contributed by atoms with Crippen molar-refractivity contribution in [1.29, 1.82) is 0 Å². The average Bonchev–Trinajstić information content (AvgIpc) is 3.20. The highest BCUT2D eigenvalue weighted by molar-refractivity contribution is 5.81. The molecule has 1 aromatic heterocycles. The van der Waals surface area contributed by atoms with Crippen molar-refractivity contribution in [2.75, 3.05) is 14.2 Å². The molecule has 0 radical (unpaired) electrons. The van der Waals surface area contributed by atoms with Crippen LogP contribution >= 0.6 is 0 Å². The van der Waals surface area contributed by atoms with Crippen LogP contribution in [-0.2, 0) is 9.63 Å². The molecule has 116 valence electrons. The molecule has 0 N–H and O–H groups in total. The van der Waals surface area contributed by atoms with E-state index in [9.17, 15) is 9.18 Å². The van der Waals surface area contributed by atoms with Gasteiger partial charge in [-0.05, 0) is 36.8 Å². The second kappa shape index (κ2) is 5.81. The molecule has 2 aromatic rings. The molecule has 1 fully saturated rings. The molecule has 6 heteroatoms. The highest BCUT2D eigenvalue weighted by atomic mass is 19.1. The highest BCUT2D eigenvalue weighted by Gasteiger charge is 2.47. The van der Waals surface area contributed by atoms with Gasteiger partial charge in [-0.15, -0.1) is 0 Å². The van der Waals surface area contributed by atoms with Gasteiger partial charge in [0.2, 0.25) is 5.91 Å². The molecule has 1 aromatic carbocycles. The fraction of sp³-hybridized carbons (Fsp3) is 0.312. The number of hydrogen-bond acceptors (Lipinski definition) is 4. The normalized spacial score (nSPS) is 19.8. The number of carbonyl (C=O) groups is 1. The Kier molecular flexibility index (Phi) is 3.85. The number of furan rings is 1. The van der Waals surface area contributed by atoms with Crippen LogP contribution in [0.3, 0.4) is 0 Å². The number of halogens is 1. The van der Waals surface area contributed by atoms with Crippen molar-refractivity contribution in [2.24, 2.45) is 5.92 Å². The molecule has 22 heavy (non-hydrogen) atoms. The highest BCUT2D eigenvalue weighted by Crippen LogP contribution is 2.49.